The van der Waals surface area contributed by atoms with E-state index in [0.717, 1.165) is 0 Å². The van der Waals surface area contributed by atoms with Crippen molar-refractivity contribution >= 4 is 5.91 Å². The van der Waals surface area contributed by atoms with Gasteiger partial charge in [-0.1, -0.05) is 0 Å². The Balaban J connectivity index is 3.15. The van der Waals surface area contributed by atoms with Gasteiger partial charge in [0.1, 0.15) is 11.5 Å². The molecule has 1 radical (unpaired) electrons. The van der Waals surface area contributed by atoms with Crippen molar-refractivity contribution in [1.29, 1.82) is 0 Å². The molecule has 0 saturated heterocycles. The van der Waals surface area contributed by atoms with Crippen LogP contribution in [0.4, 0.5) is 0 Å². The molecule has 1 rings (SSSR count). The Morgan fingerprint density at radius 2 is 2.00 bits per heavy atom. The van der Waals surface area contributed by atoms with Gasteiger partial charge in [0, 0.05) is 6.07 Å². The quantitative estimate of drug-likeness (QED) is 0.700. The topological polar surface area (TPSA) is 59.3 Å². The smallest absolute Gasteiger partial charge is 0.273 e. The summed E-state index contributed by atoms with van der Waals surface area (Å²) in [7, 11) is 2.97. The Hall–Kier alpha value is -1.71. The first-order chi connectivity index (χ1) is 6.19. The van der Waals surface area contributed by atoms with E-state index in [1.807, 2.05) is 0 Å². The second-order valence-electron chi connectivity index (χ2n) is 2.40. The van der Waals surface area contributed by atoms with Crippen LogP contribution in [0.2, 0.25) is 0 Å². The highest BCUT2D eigenvalue weighted by Crippen LogP contribution is 2.23. The number of nitrogens with one attached hydrogen (secondary N) is 1. The van der Waals surface area contributed by atoms with E-state index in [-0.39, 0.29) is 5.56 Å². The summed E-state index contributed by atoms with van der Waals surface area (Å²) in [5, 5.41) is 0. The number of carbonyl (C=O) groups is 1. The monoisotopic (exact) mass is 180 g/mol. The first-order valence-electron chi connectivity index (χ1n) is 3.67. The third kappa shape index (κ3) is 1.90. The summed E-state index contributed by atoms with van der Waals surface area (Å²) in [5.74, 6) is 0.195. The molecule has 0 fully saturated rings. The molecule has 1 aromatic rings. The van der Waals surface area contributed by atoms with Crippen molar-refractivity contribution in [2.24, 2.45) is 0 Å². The van der Waals surface area contributed by atoms with E-state index in [1.54, 1.807) is 12.1 Å². The average molecular weight is 180 g/mol. The molecule has 0 atom stereocenters. The van der Waals surface area contributed by atoms with Crippen LogP contribution >= 0.6 is 0 Å². The molecule has 0 spiro atoms. The van der Waals surface area contributed by atoms with Crippen molar-refractivity contribution < 1.29 is 14.3 Å². The number of carbonyl (C=O) groups excluding carboxylic acids is 1. The fourth-order valence-corrected chi connectivity index (χ4v) is 0.986. The van der Waals surface area contributed by atoms with Gasteiger partial charge in [-0.15, -0.1) is 0 Å². The molecular formula is C9H10NO3. The minimum absolute atomic E-state index is 0.239. The van der Waals surface area contributed by atoms with Gasteiger partial charge in [-0.25, -0.2) is 0 Å². The summed E-state index contributed by atoms with van der Waals surface area (Å²) in [6.07, 6.45) is 0. The van der Waals surface area contributed by atoms with Gasteiger partial charge in [0.05, 0.1) is 19.8 Å². The van der Waals surface area contributed by atoms with E-state index in [9.17, 15) is 4.79 Å². The number of benzene rings is 1. The molecule has 1 N–H and O–H groups in total. The van der Waals surface area contributed by atoms with E-state index in [0.29, 0.717) is 11.5 Å². The lowest BCUT2D eigenvalue weighted by molar-refractivity contribution is 0.0989. The molecule has 0 aliphatic heterocycles. The lowest BCUT2D eigenvalue weighted by Gasteiger charge is -2.06. The normalized spacial score (nSPS) is 9.38. The Bertz CT molecular complexity index is 323. The number of methoxy groups -OCH3 is 2. The van der Waals surface area contributed by atoms with Gasteiger partial charge >= 0.3 is 0 Å². The van der Waals surface area contributed by atoms with Gasteiger partial charge in [-0.05, 0) is 12.1 Å². The largest absolute Gasteiger partial charge is 0.497 e. The summed E-state index contributed by atoms with van der Waals surface area (Å²) < 4.78 is 9.87. The summed E-state index contributed by atoms with van der Waals surface area (Å²) >= 11 is 0. The zero-order chi connectivity index (χ0) is 9.84. The van der Waals surface area contributed by atoms with Crippen LogP contribution < -0.4 is 15.2 Å². The van der Waals surface area contributed by atoms with Crippen LogP contribution in [-0.4, -0.2) is 20.1 Å². The SMILES string of the molecule is COc1ccc(C([NH])=O)c(OC)c1. The maximum absolute atomic E-state index is 10.8. The second kappa shape index (κ2) is 3.80. The summed E-state index contributed by atoms with van der Waals surface area (Å²) in [6.45, 7) is 0. The average Bonchev–Trinajstić information content (AvgIpc) is 2.16. The fraction of sp³-hybridized carbons (Fsp3) is 0.222. The maximum atomic E-state index is 10.8. The Morgan fingerprint density at radius 1 is 1.31 bits per heavy atom. The van der Waals surface area contributed by atoms with Crippen molar-refractivity contribution in [3.8, 4) is 11.5 Å². The van der Waals surface area contributed by atoms with Crippen LogP contribution in [0.1, 0.15) is 10.4 Å². The second-order valence-corrected chi connectivity index (χ2v) is 2.40. The van der Waals surface area contributed by atoms with Crippen molar-refractivity contribution in [2.45, 2.75) is 0 Å². The first-order valence-corrected chi connectivity index (χ1v) is 3.67. The molecule has 0 heterocycles. The van der Waals surface area contributed by atoms with Crippen molar-refractivity contribution in [3.05, 3.63) is 23.8 Å². The first kappa shape index (κ1) is 9.38. The molecule has 0 saturated carbocycles. The van der Waals surface area contributed by atoms with Crippen LogP contribution in [0.5, 0.6) is 11.5 Å². The number of hydrogen-bond acceptors (Lipinski definition) is 3. The standard InChI is InChI=1S/C9H10NO3/c1-12-6-3-4-7(9(10)11)8(5-6)13-2/h3-5,10H,1-2H3. The third-order valence-corrected chi connectivity index (χ3v) is 1.65. The molecule has 13 heavy (non-hydrogen) atoms. The molecular weight excluding hydrogens is 170 g/mol. The number of amides is 1. The van der Waals surface area contributed by atoms with Gasteiger partial charge < -0.3 is 9.47 Å². The molecule has 69 valence electrons. The van der Waals surface area contributed by atoms with E-state index >= 15 is 0 Å². The lowest BCUT2D eigenvalue weighted by atomic mass is 10.2. The maximum Gasteiger partial charge on any atom is 0.273 e. The highest BCUT2D eigenvalue weighted by atomic mass is 16.5. The van der Waals surface area contributed by atoms with Gasteiger partial charge in [0.15, 0.2) is 0 Å². The van der Waals surface area contributed by atoms with Gasteiger partial charge in [-0.2, -0.15) is 0 Å². The summed E-state index contributed by atoms with van der Waals surface area (Å²) in [4.78, 5) is 10.8. The molecule has 0 aromatic heterocycles. The van der Waals surface area contributed by atoms with E-state index < -0.39 is 5.91 Å². The zero-order valence-electron chi connectivity index (χ0n) is 7.46. The zero-order valence-corrected chi connectivity index (χ0v) is 7.46. The van der Waals surface area contributed by atoms with Gasteiger partial charge in [0.2, 0.25) is 0 Å². The van der Waals surface area contributed by atoms with Crippen molar-refractivity contribution in [3.63, 3.8) is 0 Å². The summed E-state index contributed by atoms with van der Waals surface area (Å²) in [6, 6.07) is 4.69. The number of hydrogen-bond donors (Lipinski definition) is 0. The van der Waals surface area contributed by atoms with E-state index in [2.05, 4.69) is 0 Å². The van der Waals surface area contributed by atoms with Crippen molar-refractivity contribution in [1.82, 2.24) is 5.73 Å². The highest BCUT2D eigenvalue weighted by Gasteiger charge is 2.09. The molecule has 1 amide bonds. The lowest BCUT2D eigenvalue weighted by Crippen LogP contribution is -2.02. The molecule has 1 aromatic carbocycles. The molecule has 0 unspecified atom stereocenters. The summed E-state index contributed by atoms with van der Waals surface area (Å²) in [5.41, 5.74) is 7.17. The van der Waals surface area contributed by atoms with Crippen molar-refractivity contribution in [2.75, 3.05) is 14.2 Å². The van der Waals surface area contributed by atoms with E-state index in [4.69, 9.17) is 15.2 Å². The number of ether oxygens (including phenoxy) is 2. The molecule has 0 bridgehead atoms. The highest BCUT2D eigenvalue weighted by molar-refractivity contribution is 5.95. The van der Waals surface area contributed by atoms with Crippen LogP contribution in [0.25, 0.3) is 0 Å². The number of rotatable bonds is 3. The molecule has 0 aliphatic carbocycles. The van der Waals surface area contributed by atoms with E-state index in [1.165, 1.54) is 20.3 Å². The predicted octanol–water partition coefficient (Wildman–Crippen LogP) is 1.13. The minimum atomic E-state index is -0.764. The van der Waals surface area contributed by atoms with Crippen LogP contribution in [0, 0.1) is 0 Å². The fourth-order valence-electron chi connectivity index (χ4n) is 0.986. The van der Waals surface area contributed by atoms with Gasteiger partial charge in [-0.3, -0.25) is 10.5 Å². The van der Waals surface area contributed by atoms with Crippen LogP contribution in [0.15, 0.2) is 18.2 Å². The Labute approximate surface area is 76.3 Å². The Morgan fingerprint density at radius 3 is 2.46 bits per heavy atom. The van der Waals surface area contributed by atoms with Crippen LogP contribution in [0.3, 0.4) is 0 Å². The minimum Gasteiger partial charge on any atom is -0.497 e. The van der Waals surface area contributed by atoms with Crippen LogP contribution in [-0.2, 0) is 0 Å². The third-order valence-electron chi connectivity index (χ3n) is 1.65. The molecule has 4 nitrogen and oxygen atoms in total. The molecule has 0 aliphatic rings. The molecule has 4 heteroatoms. The Kier molecular flexibility index (Phi) is 2.74. The van der Waals surface area contributed by atoms with Gasteiger partial charge in [0.25, 0.3) is 5.91 Å². The predicted molar refractivity (Wildman–Crippen MR) is 47.0 cm³/mol.